The highest BCUT2D eigenvalue weighted by atomic mass is 16.6. The molecule has 1 rings (SSSR count). The Hall–Kier alpha value is -1.26. The van der Waals surface area contributed by atoms with E-state index in [4.69, 9.17) is 4.74 Å². The van der Waals surface area contributed by atoms with Crippen LogP contribution in [-0.2, 0) is 9.53 Å². The maximum Gasteiger partial charge on any atom is 0.407 e. The Balaban J connectivity index is 2.54. The molecule has 98 valence electrons. The number of nitrogens with one attached hydrogen (secondary N) is 2. The lowest BCUT2D eigenvalue weighted by molar-refractivity contribution is -0.127. The smallest absolute Gasteiger partial charge is 0.407 e. The summed E-state index contributed by atoms with van der Waals surface area (Å²) < 4.78 is 5.19. The van der Waals surface area contributed by atoms with Crippen LogP contribution in [0, 0.1) is 5.92 Å². The van der Waals surface area contributed by atoms with Crippen molar-refractivity contribution in [2.45, 2.75) is 52.2 Å². The van der Waals surface area contributed by atoms with Gasteiger partial charge >= 0.3 is 6.09 Å². The molecule has 2 atom stereocenters. The van der Waals surface area contributed by atoms with Gasteiger partial charge in [-0.15, -0.1) is 0 Å². The standard InChI is InChI=1S/C12H22N2O3/c1-5-8-9(6-7-13-10(8)15)14-11(16)17-12(2,3)4/h8-9H,5-7H2,1-4H3,(H,13,15)(H,14,16)/t8-,9+/m0/s1. The fourth-order valence-electron chi connectivity index (χ4n) is 1.97. The molecule has 1 aliphatic heterocycles. The van der Waals surface area contributed by atoms with E-state index in [-0.39, 0.29) is 17.9 Å². The Bertz CT molecular complexity index is 297. The van der Waals surface area contributed by atoms with Crippen LogP contribution in [0.3, 0.4) is 0 Å². The second kappa shape index (κ2) is 5.38. The minimum absolute atomic E-state index is 0.0137. The van der Waals surface area contributed by atoms with Gasteiger partial charge in [0.15, 0.2) is 0 Å². The normalized spacial score (nSPS) is 25.1. The van der Waals surface area contributed by atoms with Crippen LogP contribution in [0.5, 0.6) is 0 Å². The summed E-state index contributed by atoms with van der Waals surface area (Å²) in [5.74, 6) is -0.143. The number of piperidine rings is 1. The molecule has 1 aliphatic rings. The van der Waals surface area contributed by atoms with Crippen LogP contribution >= 0.6 is 0 Å². The van der Waals surface area contributed by atoms with E-state index in [1.807, 2.05) is 27.7 Å². The van der Waals surface area contributed by atoms with Gasteiger partial charge in [-0.2, -0.15) is 0 Å². The van der Waals surface area contributed by atoms with Crippen molar-refractivity contribution >= 4 is 12.0 Å². The molecule has 5 heteroatoms. The highest BCUT2D eigenvalue weighted by Crippen LogP contribution is 2.17. The van der Waals surface area contributed by atoms with Crippen molar-refractivity contribution in [3.8, 4) is 0 Å². The van der Waals surface area contributed by atoms with Crippen molar-refractivity contribution in [3.05, 3.63) is 0 Å². The van der Waals surface area contributed by atoms with Crippen LogP contribution in [0.15, 0.2) is 0 Å². The molecule has 2 N–H and O–H groups in total. The van der Waals surface area contributed by atoms with E-state index >= 15 is 0 Å². The molecule has 1 fully saturated rings. The maximum atomic E-state index is 11.6. The minimum atomic E-state index is -0.511. The Morgan fingerprint density at radius 1 is 1.53 bits per heavy atom. The van der Waals surface area contributed by atoms with Gasteiger partial charge in [-0.05, 0) is 33.6 Å². The van der Waals surface area contributed by atoms with Crippen LogP contribution in [0.4, 0.5) is 4.79 Å². The average Bonchev–Trinajstić information content (AvgIpc) is 2.14. The quantitative estimate of drug-likeness (QED) is 0.769. The zero-order chi connectivity index (χ0) is 13.1. The summed E-state index contributed by atoms with van der Waals surface area (Å²) >= 11 is 0. The topological polar surface area (TPSA) is 67.4 Å². The Morgan fingerprint density at radius 3 is 2.71 bits per heavy atom. The van der Waals surface area contributed by atoms with Crippen molar-refractivity contribution in [3.63, 3.8) is 0 Å². The highest BCUT2D eigenvalue weighted by molar-refractivity contribution is 5.81. The van der Waals surface area contributed by atoms with Crippen LogP contribution in [-0.4, -0.2) is 30.2 Å². The number of ether oxygens (including phenoxy) is 1. The van der Waals surface area contributed by atoms with Gasteiger partial charge in [0.1, 0.15) is 5.60 Å². The molecule has 17 heavy (non-hydrogen) atoms. The number of hydrogen-bond acceptors (Lipinski definition) is 3. The van der Waals surface area contributed by atoms with Crippen LogP contribution in [0.1, 0.15) is 40.5 Å². The second-order valence-corrected chi connectivity index (χ2v) is 5.35. The largest absolute Gasteiger partial charge is 0.444 e. The predicted octanol–water partition coefficient (Wildman–Crippen LogP) is 1.43. The number of carbonyl (C=O) groups excluding carboxylic acids is 2. The molecule has 0 aromatic heterocycles. The molecule has 0 bridgehead atoms. The van der Waals surface area contributed by atoms with Crippen molar-refractivity contribution < 1.29 is 14.3 Å². The molecular formula is C12H22N2O3. The molecule has 1 heterocycles. The average molecular weight is 242 g/mol. The Kier molecular flexibility index (Phi) is 4.37. The number of hydrogen-bond donors (Lipinski definition) is 2. The van der Waals surface area contributed by atoms with E-state index in [0.717, 1.165) is 6.42 Å². The molecule has 1 saturated heterocycles. The third kappa shape index (κ3) is 4.24. The van der Waals surface area contributed by atoms with Crippen molar-refractivity contribution in [2.24, 2.45) is 5.92 Å². The third-order valence-electron chi connectivity index (χ3n) is 2.72. The number of alkyl carbamates (subject to hydrolysis) is 1. The van der Waals surface area contributed by atoms with Crippen molar-refractivity contribution in [1.29, 1.82) is 0 Å². The van der Waals surface area contributed by atoms with Crippen LogP contribution < -0.4 is 10.6 Å². The fourth-order valence-corrected chi connectivity index (χ4v) is 1.97. The monoisotopic (exact) mass is 242 g/mol. The van der Waals surface area contributed by atoms with Gasteiger partial charge in [-0.3, -0.25) is 4.79 Å². The lowest BCUT2D eigenvalue weighted by Crippen LogP contribution is -2.53. The Labute approximate surface area is 102 Å². The minimum Gasteiger partial charge on any atom is -0.444 e. The first-order chi connectivity index (χ1) is 7.83. The van der Waals surface area contributed by atoms with Crippen LogP contribution in [0.25, 0.3) is 0 Å². The number of carbonyl (C=O) groups is 2. The second-order valence-electron chi connectivity index (χ2n) is 5.35. The predicted molar refractivity (Wildman–Crippen MR) is 64.6 cm³/mol. The summed E-state index contributed by atoms with van der Waals surface area (Å²) in [6.07, 6.45) is 1.02. The van der Waals surface area contributed by atoms with Gasteiger partial charge in [-0.25, -0.2) is 4.79 Å². The number of amides is 2. The first-order valence-corrected chi connectivity index (χ1v) is 6.10. The molecule has 0 spiro atoms. The lowest BCUT2D eigenvalue weighted by atomic mass is 9.90. The molecule has 2 amide bonds. The molecule has 0 aromatic carbocycles. The molecule has 0 aromatic rings. The Morgan fingerprint density at radius 2 is 2.18 bits per heavy atom. The summed E-state index contributed by atoms with van der Waals surface area (Å²) in [5, 5.41) is 5.59. The zero-order valence-electron chi connectivity index (χ0n) is 11.0. The molecule has 0 aliphatic carbocycles. The summed E-state index contributed by atoms with van der Waals surface area (Å²) in [6.45, 7) is 8.00. The summed E-state index contributed by atoms with van der Waals surface area (Å²) in [6, 6.07) is -0.122. The van der Waals surface area contributed by atoms with E-state index in [1.165, 1.54) is 0 Å². The first-order valence-electron chi connectivity index (χ1n) is 6.10. The summed E-state index contributed by atoms with van der Waals surface area (Å²) in [5.41, 5.74) is -0.511. The summed E-state index contributed by atoms with van der Waals surface area (Å²) in [7, 11) is 0. The van der Waals surface area contributed by atoms with Gasteiger partial charge in [0.05, 0.1) is 5.92 Å². The molecular weight excluding hydrogens is 220 g/mol. The lowest BCUT2D eigenvalue weighted by Gasteiger charge is -2.31. The third-order valence-corrected chi connectivity index (χ3v) is 2.72. The molecule has 0 saturated carbocycles. The summed E-state index contributed by atoms with van der Waals surface area (Å²) in [4.78, 5) is 23.2. The van der Waals surface area contributed by atoms with Crippen molar-refractivity contribution in [2.75, 3.05) is 6.54 Å². The molecule has 0 radical (unpaired) electrons. The first kappa shape index (κ1) is 13.8. The van der Waals surface area contributed by atoms with E-state index in [1.54, 1.807) is 0 Å². The van der Waals surface area contributed by atoms with Gasteiger partial charge in [0.25, 0.3) is 0 Å². The van der Waals surface area contributed by atoms with Crippen molar-refractivity contribution in [1.82, 2.24) is 10.6 Å². The van der Waals surface area contributed by atoms with Crippen LogP contribution in [0.2, 0.25) is 0 Å². The zero-order valence-corrected chi connectivity index (χ0v) is 11.0. The van der Waals surface area contributed by atoms with E-state index in [2.05, 4.69) is 10.6 Å². The van der Waals surface area contributed by atoms with Gasteiger partial charge in [0.2, 0.25) is 5.91 Å². The SMILES string of the molecule is CC[C@@H]1C(=O)NCC[C@H]1NC(=O)OC(C)(C)C. The number of rotatable bonds is 2. The van der Waals surface area contributed by atoms with Gasteiger partial charge in [-0.1, -0.05) is 6.92 Å². The van der Waals surface area contributed by atoms with Gasteiger partial charge in [0, 0.05) is 12.6 Å². The fraction of sp³-hybridized carbons (Fsp3) is 0.833. The molecule has 5 nitrogen and oxygen atoms in total. The van der Waals surface area contributed by atoms with E-state index in [0.29, 0.717) is 13.0 Å². The highest BCUT2D eigenvalue weighted by Gasteiger charge is 2.32. The van der Waals surface area contributed by atoms with E-state index < -0.39 is 11.7 Å². The van der Waals surface area contributed by atoms with Gasteiger partial charge < -0.3 is 15.4 Å². The maximum absolute atomic E-state index is 11.6. The van der Waals surface area contributed by atoms with E-state index in [9.17, 15) is 9.59 Å². The molecule has 0 unspecified atom stereocenters.